The van der Waals surface area contributed by atoms with E-state index in [0.29, 0.717) is 0 Å². The number of aromatic carboxylic acids is 1. The summed E-state index contributed by atoms with van der Waals surface area (Å²) in [4.78, 5) is 11.1. The van der Waals surface area contributed by atoms with E-state index in [1.165, 1.54) is 12.1 Å². The molecule has 0 fully saturated rings. The zero-order chi connectivity index (χ0) is 15.8. The molecular formula is C14H10F2O4S. The smallest absolute Gasteiger partial charge is 0.336 e. The normalized spacial score (nSPS) is 11.4. The number of benzene rings is 2. The standard InChI is InChI=1S/C14H10F2O4S/c1-21(19,20)8-5-6-9(11(7-8)14(17)18)10-3-2-4-12(15)13(10)16/h2-7H,1H3,(H,17,18). The minimum Gasteiger partial charge on any atom is -0.478 e. The second-order valence-electron chi connectivity index (χ2n) is 4.39. The van der Waals surface area contributed by atoms with E-state index in [1.807, 2.05) is 0 Å². The largest absolute Gasteiger partial charge is 0.478 e. The van der Waals surface area contributed by atoms with Crippen LogP contribution in [0.1, 0.15) is 10.4 Å². The fourth-order valence-corrected chi connectivity index (χ4v) is 2.52. The molecule has 0 bridgehead atoms. The van der Waals surface area contributed by atoms with Crippen LogP contribution in [0.2, 0.25) is 0 Å². The molecule has 0 unspecified atom stereocenters. The lowest BCUT2D eigenvalue weighted by molar-refractivity contribution is 0.0697. The van der Waals surface area contributed by atoms with Gasteiger partial charge in [-0.3, -0.25) is 0 Å². The van der Waals surface area contributed by atoms with Gasteiger partial charge in [0, 0.05) is 11.8 Å². The molecule has 0 aliphatic rings. The maximum atomic E-state index is 13.8. The van der Waals surface area contributed by atoms with Crippen LogP contribution < -0.4 is 0 Å². The van der Waals surface area contributed by atoms with Crippen LogP contribution in [0.5, 0.6) is 0 Å². The van der Waals surface area contributed by atoms with Gasteiger partial charge in [-0.1, -0.05) is 18.2 Å². The third kappa shape index (κ3) is 2.92. The lowest BCUT2D eigenvalue weighted by Gasteiger charge is -2.09. The molecule has 2 rings (SSSR count). The van der Waals surface area contributed by atoms with Gasteiger partial charge in [0.1, 0.15) is 0 Å². The molecule has 0 amide bonds. The summed E-state index contributed by atoms with van der Waals surface area (Å²) in [7, 11) is -3.61. The summed E-state index contributed by atoms with van der Waals surface area (Å²) in [6, 6.07) is 6.60. The van der Waals surface area contributed by atoms with Crippen LogP contribution in [0.4, 0.5) is 8.78 Å². The highest BCUT2D eigenvalue weighted by Gasteiger charge is 2.19. The first kappa shape index (κ1) is 15.1. The molecule has 0 spiro atoms. The molecule has 0 aliphatic heterocycles. The van der Waals surface area contributed by atoms with Crippen molar-refractivity contribution in [2.45, 2.75) is 4.90 Å². The molecule has 2 aromatic carbocycles. The predicted octanol–water partition coefficient (Wildman–Crippen LogP) is 2.73. The topological polar surface area (TPSA) is 71.4 Å². The van der Waals surface area contributed by atoms with Gasteiger partial charge in [0.2, 0.25) is 0 Å². The van der Waals surface area contributed by atoms with Gasteiger partial charge >= 0.3 is 5.97 Å². The first-order valence-electron chi connectivity index (χ1n) is 5.73. The highest BCUT2D eigenvalue weighted by Crippen LogP contribution is 2.29. The fraction of sp³-hybridized carbons (Fsp3) is 0.0714. The zero-order valence-corrected chi connectivity index (χ0v) is 11.6. The Morgan fingerprint density at radius 3 is 2.33 bits per heavy atom. The van der Waals surface area contributed by atoms with E-state index in [-0.39, 0.29) is 16.0 Å². The first-order valence-corrected chi connectivity index (χ1v) is 7.62. The molecule has 0 aromatic heterocycles. The van der Waals surface area contributed by atoms with Crippen LogP contribution in [-0.2, 0) is 9.84 Å². The Morgan fingerprint density at radius 1 is 1.10 bits per heavy atom. The Balaban J connectivity index is 2.76. The number of carbonyl (C=O) groups is 1. The second-order valence-corrected chi connectivity index (χ2v) is 6.40. The van der Waals surface area contributed by atoms with E-state index in [0.717, 1.165) is 30.5 Å². The fourth-order valence-electron chi connectivity index (χ4n) is 1.88. The molecule has 7 heteroatoms. The van der Waals surface area contributed by atoms with Crippen molar-refractivity contribution >= 4 is 15.8 Å². The van der Waals surface area contributed by atoms with Crippen molar-refractivity contribution in [3.05, 3.63) is 53.6 Å². The van der Waals surface area contributed by atoms with Crippen molar-refractivity contribution < 1.29 is 27.1 Å². The SMILES string of the molecule is CS(=O)(=O)c1ccc(-c2cccc(F)c2F)c(C(=O)O)c1. The van der Waals surface area contributed by atoms with Crippen molar-refractivity contribution in [3.8, 4) is 11.1 Å². The number of hydrogen-bond donors (Lipinski definition) is 1. The van der Waals surface area contributed by atoms with Crippen LogP contribution in [0.15, 0.2) is 41.3 Å². The van der Waals surface area contributed by atoms with Gasteiger partial charge in [0.25, 0.3) is 0 Å². The molecule has 21 heavy (non-hydrogen) atoms. The zero-order valence-electron chi connectivity index (χ0n) is 10.8. The first-order chi connectivity index (χ1) is 9.71. The molecular weight excluding hydrogens is 302 g/mol. The van der Waals surface area contributed by atoms with Gasteiger partial charge in [-0.25, -0.2) is 22.0 Å². The van der Waals surface area contributed by atoms with Gasteiger partial charge in [-0.15, -0.1) is 0 Å². The van der Waals surface area contributed by atoms with Crippen LogP contribution >= 0.6 is 0 Å². The molecule has 0 saturated carbocycles. The monoisotopic (exact) mass is 312 g/mol. The number of hydrogen-bond acceptors (Lipinski definition) is 3. The summed E-state index contributed by atoms with van der Waals surface area (Å²) in [5, 5.41) is 9.17. The Kier molecular flexibility index (Phi) is 3.78. The van der Waals surface area contributed by atoms with E-state index in [9.17, 15) is 22.0 Å². The van der Waals surface area contributed by atoms with Crippen molar-refractivity contribution in [2.75, 3.05) is 6.26 Å². The molecule has 110 valence electrons. The van der Waals surface area contributed by atoms with Crippen molar-refractivity contribution in [1.29, 1.82) is 0 Å². The second kappa shape index (κ2) is 5.25. The van der Waals surface area contributed by atoms with E-state index < -0.39 is 33.0 Å². The average molecular weight is 312 g/mol. The molecule has 0 atom stereocenters. The van der Waals surface area contributed by atoms with Gasteiger partial charge < -0.3 is 5.11 Å². The van der Waals surface area contributed by atoms with Crippen molar-refractivity contribution in [2.24, 2.45) is 0 Å². The average Bonchev–Trinajstić information content (AvgIpc) is 2.40. The summed E-state index contributed by atoms with van der Waals surface area (Å²) in [5.74, 6) is -3.73. The molecule has 0 saturated heterocycles. The van der Waals surface area contributed by atoms with Gasteiger partial charge in [-0.05, 0) is 23.8 Å². The minimum absolute atomic E-state index is 0.0908. The predicted molar refractivity (Wildman–Crippen MR) is 71.9 cm³/mol. The summed E-state index contributed by atoms with van der Waals surface area (Å²) in [6.45, 7) is 0. The summed E-state index contributed by atoms with van der Waals surface area (Å²) in [5.41, 5.74) is -0.748. The Morgan fingerprint density at radius 2 is 1.76 bits per heavy atom. The third-order valence-electron chi connectivity index (χ3n) is 2.89. The summed E-state index contributed by atoms with van der Waals surface area (Å²) >= 11 is 0. The van der Waals surface area contributed by atoms with Crippen LogP contribution in [0, 0.1) is 11.6 Å². The Hall–Kier alpha value is -2.28. The quantitative estimate of drug-likeness (QED) is 0.946. The van der Waals surface area contributed by atoms with E-state index in [1.54, 1.807) is 0 Å². The maximum absolute atomic E-state index is 13.8. The number of rotatable bonds is 3. The van der Waals surface area contributed by atoms with E-state index >= 15 is 0 Å². The van der Waals surface area contributed by atoms with Crippen LogP contribution in [-0.4, -0.2) is 25.7 Å². The van der Waals surface area contributed by atoms with Crippen molar-refractivity contribution in [1.82, 2.24) is 0 Å². The van der Waals surface area contributed by atoms with Gasteiger partial charge in [-0.2, -0.15) is 0 Å². The highest BCUT2D eigenvalue weighted by molar-refractivity contribution is 7.90. The number of carboxylic acid groups (broad SMARTS) is 1. The molecule has 0 heterocycles. The maximum Gasteiger partial charge on any atom is 0.336 e. The number of carboxylic acids is 1. The Labute approximate surface area is 119 Å². The molecule has 0 aliphatic carbocycles. The molecule has 0 radical (unpaired) electrons. The highest BCUT2D eigenvalue weighted by atomic mass is 32.2. The minimum atomic E-state index is -3.61. The number of sulfone groups is 1. The molecule has 2 aromatic rings. The van der Waals surface area contributed by atoms with Gasteiger partial charge in [0.15, 0.2) is 21.5 Å². The summed E-state index contributed by atoms with van der Waals surface area (Å²) in [6.07, 6.45) is 0.927. The summed E-state index contributed by atoms with van der Waals surface area (Å²) < 4.78 is 49.9. The van der Waals surface area contributed by atoms with Gasteiger partial charge in [0.05, 0.1) is 10.5 Å². The van der Waals surface area contributed by atoms with E-state index in [4.69, 9.17) is 5.11 Å². The lowest BCUT2D eigenvalue weighted by Crippen LogP contribution is -2.05. The molecule has 4 nitrogen and oxygen atoms in total. The van der Waals surface area contributed by atoms with Crippen LogP contribution in [0.25, 0.3) is 11.1 Å². The van der Waals surface area contributed by atoms with Crippen molar-refractivity contribution in [3.63, 3.8) is 0 Å². The third-order valence-corrected chi connectivity index (χ3v) is 4.00. The Bertz CT molecular complexity index is 829. The van der Waals surface area contributed by atoms with E-state index in [2.05, 4.69) is 0 Å². The number of halogens is 2. The van der Waals surface area contributed by atoms with Crippen LogP contribution in [0.3, 0.4) is 0 Å². The molecule has 1 N–H and O–H groups in total. The lowest BCUT2D eigenvalue weighted by atomic mass is 9.99.